The van der Waals surface area contributed by atoms with Crippen molar-refractivity contribution in [3.8, 4) is 0 Å². The zero-order valence-electron chi connectivity index (χ0n) is 13.9. The Kier molecular flexibility index (Phi) is 4.96. The molecule has 2 atom stereocenters. The molecule has 1 aromatic carbocycles. The van der Waals surface area contributed by atoms with Crippen LogP contribution in [0.2, 0.25) is 0 Å². The summed E-state index contributed by atoms with van der Waals surface area (Å²) in [5.74, 6) is -1.42. The van der Waals surface area contributed by atoms with Crippen molar-refractivity contribution in [1.29, 1.82) is 0 Å². The van der Waals surface area contributed by atoms with E-state index >= 15 is 0 Å². The zero-order valence-corrected chi connectivity index (χ0v) is 13.9. The van der Waals surface area contributed by atoms with E-state index in [1.54, 1.807) is 18.2 Å². The molecule has 1 heterocycles. The van der Waals surface area contributed by atoms with Gasteiger partial charge in [0.25, 0.3) is 0 Å². The van der Waals surface area contributed by atoms with Gasteiger partial charge in [-0.1, -0.05) is 18.2 Å². The molecule has 0 radical (unpaired) electrons. The summed E-state index contributed by atoms with van der Waals surface area (Å²) in [6.07, 6.45) is -2.55. The van der Waals surface area contributed by atoms with Crippen LogP contribution in [0.25, 0.3) is 5.76 Å². The van der Waals surface area contributed by atoms with Gasteiger partial charge in [0.05, 0.1) is 25.4 Å². The maximum atomic E-state index is 12.2. The monoisotopic (exact) mass is 336 g/mol. The van der Waals surface area contributed by atoms with Crippen molar-refractivity contribution in [2.75, 3.05) is 14.2 Å². The van der Waals surface area contributed by atoms with E-state index in [0.29, 0.717) is 0 Å². The molecule has 0 aromatic heterocycles. The zero-order chi connectivity index (χ0) is 18.1. The third-order valence-electron chi connectivity index (χ3n) is 3.76. The van der Waals surface area contributed by atoms with Gasteiger partial charge in [0.2, 0.25) is 0 Å². The first-order valence-electron chi connectivity index (χ1n) is 7.29. The molecule has 0 unspecified atom stereocenters. The van der Waals surface area contributed by atoms with E-state index in [2.05, 4.69) is 0 Å². The minimum absolute atomic E-state index is 0.000231. The standard InChI is InChI=1S/C17H20O7/c1-17(2,21)14-12(18)11(16(20)24-14)13(22-3)9-7-5-6-8-10(9)15(19)23-4/h5-8,12,14,18,21H,1-4H3/b13-11+/t12-,14-/m0/s1. The molecule has 2 N–H and O–H groups in total. The second kappa shape index (κ2) is 6.62. The Bertz CT molecular complexity index is 684. The SMILES string of the molecule is COC(=O)c1ccccc1/C(OC)=C1\C(=O)O[C@H](C(C)(C)O)[C@H]1O. The average molecular weight is 336 g/mol. The van der Waals surface area contributed by atoms with Crippen LogP contribution >= 0.6 is 0 Å². The van der Waals surface area contributed by atoms with Gasteiger partial charge in [0.15, 0.2) is 6.10 Å². The van der Waals surface area contributed by atoms with E-state index in [1.165, 1.54) is 34.1 Å². The van der Waals surface area contributed by atoms with Crippen LogP contribution in [0.1, 0.15) is 29.8 Å². The van der Waals surface area contributed by atoms with Crippen molar-refractivity contribution in [2.45, 2.75) is 31.7 Å². The van der Waals surface area contributed by atoms with Gasteiger partial charge in [-0.3, -0.25) is 0 Å². The Morgan fingerprint density at radius 1 is 1.17 bits per heavy atom. The van der Waals surface area contributed by atoms with Crippen LogP contribution in [-0.2, 0) is 19.0 Å². The Morgan fingerprint density at radius 3 is 2.21 bits per heavy atom. The van der Waals surface area contributed by atoms with Crippen LogP contribution in [0.4, 0.5) is 0 Å². The average Bonchev–Trinajstić information content (AvgIpc) is 2.84. The molecule has 0 amide bonds. The molecule has 1 saturated heterocycles. The van der Waals surface area contributed by atoms with Gasteiger partial charge < -0.3 is 24.4 Å². The minimum atomic E-state index is -1.45. The van der Waals surface area contributed by atoms with Gasteiger partial charge in [-0.05, 0) is 19.9 Å². The molecule has 0 aliphatic carbocycles. The first-order chi connectivity index (χ1) is 11.2. The lowest BCUT2D eigenvalue weighted by molar-refractivity contribution is -0.152. The summed E-state index contributed by atoms with van der Waals surface area (Å²) < 4.78 is 15.1. The Labute approximate surface area is 139 Å². The molecule has 1 fully saturated rings. The minimum Gasteiger partial charge on any atom is -0.495 e. The fraction of sp³-hybridized carbons (Fsp3) is 0.412. The molecule has 1 aromatic rings. The van der Waals surface area contributed by atoms with Crippen molar-refractivity contribution in [3.63, 3.8) is 0 Å². The van der Waals surface area contributed by atoms with Crippen molar-refractivity contribution >= 4 is 17.7 Å². The second-order valence-electron chi connectivity index (χ2n) is 5.91. The third kappa shape index (κ3) is 3.13. The molecule has 0 saturated carbocycles. The van der Waals surface area contributed by atoms with E-state index in [-0.39, 0.29) is 22.5 Å². The van der Waals surface area contributed by atoms with E-state index in [4.69, 9.17) is 14.2 Å². The number of esters is 2. The number of cyclic esters (lactones) is 1. The molecule has 2 rings (SSSR count). The Balaban J connectivity index is 2.62. The highest BCUT2D eigenvalue weighted by Crippen LogP contribution is 2.35. The summed E-state index contributed by atoms with van der Waals surface area (Å²) in [6, 6.07) is 6.37. The topological polar surface area (TPSA) is 102 Å². The largest absolute Gasteiger partial charge is 0.495 e. The second-order valence-corrected chi connectivity index (χ2v) is 5.91. The summed E-state index contributed by atoms with van der Waals surface area (Å²) in [5.41, 5.74) is -1.14. The molecule has 130 valence electrons. The first-order valence-corrected chi connectivity index (χ1v) is 7.29. The summed E-state index contributed by atoms with van der Waals surface area (Å²) in [4.78, 5) is 24.2. The van der Waals surface area contributed by atoms with Crippen LogP contribution in [0.15, 0.2) is 29.8 Å². The fourth-order valence-electron chi connectivity index (χ4n) is 2.61. The number of methoxy groups -OCH3 is 2. The quantitative estimate of drug-likeness (QED) is 0.478. The van der Waals surface area contributed by atoms with Gasteiger partial charge in [-0.2, -0.15) is 0 Å². The molecule has 24 heavy (non-hydrogen) atoms. The van der Waals surface area contributed by atoms with E-state index in [1.807, 2.05) is 0 Å². The molecular weight excluding hydrogens is 316 g/mol. The van der Waals surface area contributed by atoms with Crippen LogP contribution in [0.5, 0.6) is 0 Å². The predicted octanol–water partition coefficient (Wildman–Crippen LogP) is 0.888. The number of rotatable bonds is 4. The van der Waals surface area contributed by atoms with Crippen LogP contribution in [0.3, 0.4) is 0 Å². The van der Waals surface area contributed by atoms with E-state index < -0.39 is 29.7 Å². The fourth-order valence-corrected chi connectivity index (χ4v) is 2.61. The third-order valence-corrected chi connectivity index (χ3v) is 3.76. The Morgan fingerprint density at radius 2 is 1.75 bits per heavy atom. The normalized spacial score (nSPS) is 22.8. The van der Waals surface area contributed by atoms with E-state index in [9.17, 15) is 19.8 Å². The predicted molar refractivity (Wildman–Crippen MR) is 83.9 cm³/mol. The van der Waals surface area contributed by atoms with Gasteiger partial charge >= 0.3 is 11.9 Å². The van der Waals surface area contributed by atoms with Crippen LogP contribution in [0, 0.1) is 0 Å². The lowest BCUT2D eigenvalue weighted by Crippen LogP contribution is -2.42. The smallest absolute Gasteiger partial charge is 0.341 e. The first kappa shape index (κ1) is 18.0. The molecule has 1 aliphatic heterocycles. The highest BCUT2D eigenvalue weighted by Gasteiger charge is 2.48. The molecule has 0 spiro atoms. The highest BCUT2D eigenvalue weighted by atomic mass is 16.6. The molecule has 7 nitrogen and oxygen atoms in total. The summed E-state index contributed by atoms with van der Waals surface area (Å²) in [6.45, 7) is 2.85. The van der Waals surface area contributed by atoms with Gasteiger partial charge in [0, 0.05) is 5.56 Å². The molecular formula is C17H20O7. The van der Waals surface area contributed by atoms with Gasteiger partial charge in [-0.15, -0.1) is 0 Å². The maximum Gasteiger partial charge on any atom is 0.341 e. The van der Waals surface area contributed by atoms with Crippen LogP contribution in [-0.4, -0.2) is 54.2 Å². The van der Waals surface area contributed by atoms with Crippen LogP contribution < -0.4 is 0 Å². The lowest BCUT2D eigenvalue weighted by atomic mass is 9.92. The number of hydrogen-bond donors (Lipinski definition) is 2. The number of carbonyl (C=O) groups is 2. The number of hydrogen-bond acceptors (Lipinski definition) is 7. The summed E-state index contributed by atoms with van der Waals surface area (Å²) in [7, 11) is 2.55. The lowest BCUT2D eigenvalue weighted by Gasteiger charge is -2.26. The van der Waals surface area contributed by atoms with Gasteiger partial charge in [0.1, 0.15) is 17.4 Å². The number of aliphatic hydroxyl groups is 2. The highest BCUT2D eigenvalue weighted by molar-refractivity contribution is 6.03. The summed E-state index contributed by atoms with van der Waals surface area (Å²) in [5, 5.41) is 20.5. The number of carbonyl (C=O) groups excluding carboxylic acids is 2. The molecule has 7 heteroatoms. The maximum absolute atomic E-state index is 12.2. The van der Waals surface area contributed by atoms with Crippen molar-refractivity contribution in [1.82, 2.24) is 0 Å². The molecule has 0 bridgehead atoms. The number of ether oxygens (including phenoxy) is 3. The number of benzene rings is 1. The van der Waals surface area contributed by atoms with Gasteiger partial charge in [-0.25, -0.2) is 9.59 Å². The van der Waals surface area contributed by atoms with Crippen molar-refractivity contribution < 1.29 is 34.0 Å². The Hall–Kier alpha value is -2.38. The van der Waals surface area contributed by atoms with Crippen molar-refractivity contribution in [3.05, 3.63) is 41.0 Å². The van der Waals surface area contributed by atoms with E-state index in [0.717, 1.165) is 0 Å². The molecule has 1 aliphatic rings. The number of aliphatic hydroxyl groups excluding tert-OH is 1. The van der Waals surface area contributed by atoms with Crippen molar-refractivity contribution in [2.24, 2.45) is 0 Å². The summed E-state index contributed by atoms with van der Waals surface area (Å²) >= 11 is 0.